The van der Waals surface area contributed by atoms with Gasteiger partial charge in [-0.1, -0.05) is 36.4 Å². The van der Waals surface area contributed by atoms with Crippen LogP contribution in [0.1, 0.15) is 31.4 Å². The van der Waals surface area contributed by atoms with Gasteiger partial charge < -0.3 is 4.74 Å². The Balaban J connectivity index is 2.34. The first-order chi connectivity index (χ1) is 9.13. The fourth-order valence-corrected chi connectivity index (χ4v) is 2.58. The molecule has 0 spiro atoms. The standard InChI is InChI=1S/C15H20O3S/c1-3-4-8-11-19(17)12-15(16)18-13(2)14-9-6-5-7-10-14/h3,5-7,9-10,13H,1,4,8,11-12H2,2H3/t13-,19+/m0/s1. The highest BCUT2D eigenvalue weighted by molar-refractivity contribution is 7.85. The summed E-state index contributed by atoms with van der Waals surface area (Å²) < 4.78 is 16.9. The highest BCUT2D eigenvalue weighted by Crippen LogP contribution is 2.16. The Kier molecular flexibility index (Phi) is 7.11. The molecule has 0 unspecified atom stereocenters. The highest BCUT2D eigenvalue weighted by Gasteiger charge is 2.14. The molecule has 1 aromatic rings. The molecule has 0 heterocycles. The van der Waals surface area contributed by atoms with Gasteiger partial charge in [-0.2, -0.15) is 0 Å². The number of esters is 1. The van der Waals surface area contributed by atoms with Crippen LogP contribution >= 0.6 is 0 Å². The van der Waals surface area contributed by atoms with Crippen LogP contribution in [0.2, 0.25) is 0 Å². The highest BCUT2D eigenvalue weighted by atomic mass is 32.2. The number of ether oxygens (including phenoxy) is 1. The van der Waals surface area contributed by atoms with E-state index in [1.165, 1.54) is 0 Å². The molecule has 4 heteroatoms. The van der Waals surface area contributed by atoms with E-state index in [0.29, 0.717) is 5.75 Å². The van der Waals surface area contributed by atoms with Gasteiger partial charge in [-0.05, 0) is 25.3 Å². The number of hydrogen-bond acceptors (Lipinski definition) is 3. The van der Waals surface area contributed by atoms with E-state index in [1.807, 2.05) is 37.3 Å². The molecule has 0 saturated carbocycles. The van der Waals surface area contributed by atoms with E-state index in [2.05, 4.69) is 6.58 Å². The molecule has 19 heavy (non-hydrogen) atoms. The molecule has 104 valence electrons. The Morgan fingerprint density at radius 3 is 2.74 bits per heavy atom. The molecule has 0 radical (unpaired) electrons. The Morgan fingerprint density at radius 2 is 2.11 bits per heavy atom. The van der Waals surface area contributed by atoms with Gasteiger partial charge in [0.25, 0.3) is 0 Å². The lowest BCUT2D eigenvalue weighted by Gasteiger charge is -2.13. The number of rotatable bonds is 8. The number of hydrogen-bond donors (Lipinski definition) is 0. The van der Waals surface area contributed by atoms with Crippen LogP contribution in [0.3, 0.4) is 0 Å². The minimum atomic E-state index is -1.15. The van der Waals surface area contributed by atoms with Gasteiger partial charge >= 0.3 is 5.97 Å². The molecule has 0 aliphatic rings. The maximum absolute atomic E-state index is 11.6. The summed E-state index contributed by atoms with van der Waals surface area (Å²) in [6.07, 6.45) is 3.09. The second-order valence-corrected chi connectivity index (χ2v) is 5.84. The fourth-order valence-electron chi connectivity index (χ4n) is 1.62. The molecule has 0 bridgehead atoms. The van der Waals surface area contributed by atoms with E-state index < -0.39 is 16.8 Å². The topological polar surface area (TPSA) is 43.4 Å². The van der Waals surface area contributed by atoms with E-state index in [9.17, 15) is 9.00 Å². The molecule has 0 aromatic heterocycles. The number of carbonyl (C=O) groups is 1. The third kappa shape index (κ3) is 6.34. The number of allylic oxidation sites excluding steroid dienone is 1. The maximum Gasteiger partial charge on any atom is 0.319 e. The van der Waals surface area contributed by atoms with E-state index in [4.69, 9.17) is 4.74 Å². The zero-order valence-corrected chi connectivity index (χ0v) is 12.0. The number of benzene rings is 1. The molecule has 0 fully saturated rings. The van der Waals surface area contributed by atoms with Crippen molar-refractivity contribution in [2.45, 2.75) is 25.9 Å². The fraction of sp³-hybridized carbons (Fsp3) is 0.400. The lowest BCUT2D eigenvalue weighted by molar-refractivity contribution is -0.145. The van der Waals surface area contributed by atoms with Crippen molar-refractivity contribution in [1.82, 2.24) is 0 Å². The zero-order valence-electron chi connectivity index (χ0n) is 11.2. The van der Waals surface area contributed by atoms with Gasteiger partial charge in [-0.15, -0.1) is 6.58 Å². The minimum absolute atomic E-state index is 0.0334. The van der Waals surface area contributed by atoms with Gasteiger partial charge in [0, 0.05) is 16.6 Å². The maximum atomic E-state index is 11.6. The van der Waals surface area contributed by atoms with Gasteiger partial charge in [-0.3, -0.25) is 9.00 Å². The summed E-state index contributed by atoms with van der Waals surface area (Å²) in [5, 5.41) is 0. The van der Waals surface area contributed by atoms with Crippen LogP contribution in [0.4, 0.5) is 0 Å². The summed E-state index contributed by atoms with van der Waals surface area (Å²) in [6.45, 7) is 5.41. The van der Waals surface area contributed by atoms with Crippen LogP contribution in [0.25, 0.3) is 0 Å². The van der Waals surface area contributed by atoms with Crippen molar-refractivity contribution in [1.29, 1.82) is 0 Å². The predicted molar refractivity (Wildman–Crippen MR) is 78.3 cm³/mol. The van der Waals surface area contributed by atoms with Crippen molar-refractivity contribution in [2.24, 2.45) is 0 Å². The van der Waals surface area contributed by atoms with Gasteiger partial charge in [0.15, 0.2) is 0 Å². The van der Waals surface area contributed by atoms with Gasteiger partial charge in [-0.25, -0.2) is 0 Å². The predicted octanol–water partition coefficient (Wildman–Crippen LogP) is 3.01. The van der Waals surface area contributed by atoms with Crippen LogP contribution in [-0.4, -0.2) is 21.7 Å². The quantitative estimate of drug-likeness (QED) is 0.418. The summed E-state index contributed by atoms with van der Waals surface area (Å²) in [5.41, 5.74) is 0.938. The van der Waals surface area contributed by atoms with Crippen molar-refractivity contribution in [3.8, 4) is 0 Å². The normalized spacial score (nSPS) is 13.5. The van der Waals surface area contributed by atoms with Crippen molar-refractivity contribution >= 4 is 16.8 Å². The second kappa shape index (κ2) is 8.64. The second-order valence-electron chi connectivity index (χ2n) is 4.26. The van der Waals surface area contributed by atoms with E-state index in [1.54, 1.807) is 6.08 Å². The Morgan fingerprint density at radius 1 is 1.42 bits per heavy atom. The van der Waals surface area contributed by atoms with E-state index >= 15 is 0 Å². The monoisotopic (exact) mass is 280 g/mol. The molecule has 2 atom stereocenters. The average molecular weight is 280 g/mol. The smallest absolute Gasteiger partial charge is 0.319 e. The van der Waals surface area contributed by atoms with Crippen molar-refractivity contribution in [2.75, 3.05) is 11.5 Å². The zero-order chi connectivity index (χ0) is 14.1. The van der Waals surface area contributed by atoms with E-state index in [-0.39, 0.29) is 11.9 Å². The van der Waals surface area contributed by atoms with Crippen molar-refractivity contribution in [3.05, 3.63) is 48.6 Å². The Hall–Kier alpha value is -1.42. The van der Waals surface area contributed by atoms with Crippen LogP contribution in [-0.2, 0) is 20.3 Å². The average Bonchev–Trinajstić information content (AvgIpc) is 2.39. The van der Waals surface area contributed by atoms with E-state index in [0.717, 1.165) is 18.4 Å². The Bertz CT molecular complexity index is 428. The molecule has 0 aliphatic heterocycles. The summed E-state index contributed by atoms with van der Waals surface area (Å²) in [4.78, 5) is 11.6. The molecule has 0 N–H and O–H groups in total. The molecule has 0 aliphatic carbocycles. The molecular weight excluding hydrogens is 260 g/mol. The third-order valence-electron chi connectivity index (χ3n) is 2.64. The number of unbranched alkanes of at least 4 members (excludes halogenated alkanes) is 1. The number of carbonyl (C=O) groups excluding carboxylic acids is 1. The summed E-state index contributed by atoms with van der Waals surface area (Å²) in [5.74, 6) is 0.0723. The molecule has 0 saturated heterocycles. The lowest BCUT2D eigenvalue weighted by Crippen LogP contribution is -2.17. The minimum Gasteiger partial charge on any atom is -0.457 e. The SMILES string of the molecule is C=CCCC[S@@](=O)CC(=O)O[C@@H](C)c1ccccc1. The first kappa shape index (κ1) is 15.6. The summed E-state index contributed by atoms with van der Waals surface area (Å²) in [6, 6.07) is 9.50. The Labute approximate surface area is 117 Å². The largest absolute Gasteiger partial charge is 0.457 e. The first-order valence-corrected chi connectivity index (χ1v) is 7.82. The van der Waals surface area contributed by atoms with Crippen LogP contribution in [0.15, 0.2) is 43.0 Å². The van der Waals surface area contributed by atoms with Crippen molar-refractivity contribution < 1.29 is 13.7 Å². The van der Waals surface area contributed by atoms with Crippen LogP contribution < -0.4 is 0 Å². The lowest BCUT2D eigenvalue weighted by atomic mass is 10.1. The summed E-state index contributed by atoms with van der Waals surface area (Å²) >= 11 is 0. The molecule has 0 amide bonds. The summed E-state index contributed by atoms with van der Waals surface area (Å²) in [7, 11) is -1.15. The molecule has 1 aromatic carbocycles. The molecule has 1 rings (SSSR count). The molecular formula is C15H20O3S. The third-order valence-corrected chi connectivity index (χ3v) is 3.94. The van der Waals surface area contributed by atoms with Crippen molar-refractivity contribution in [3.63, 3.8) is 0 Å². The first-order valence-electron chi connectivity index (χ1n) is 6.33. The van der Waals surface area contributed by atoms with Gasteiger partial charge in [0.1, 0.15) is 11.9 Å². The van der Waals surface area contributed by atoms with Gasteiger partial charge in [0.05, 0.1) is 0 Å². The molecule has 3 nitrogen and oxygen atoms in total. The van der Waals surface area contributed by atoms with Gasteiger partial charge in [0.2, 0.25) is 0 Å². The van der Waals surface area contributed by atoms with Crippen LogP contribution in [0, 0.1) is 0 Å². The van der Waals surface area contributed by atoms with Crippen LogP contribution in [0.5, 0.6) is 0 Å².